The summed E-state index contributed by atoms with van der Waals surface area (Å²) in [4.78, 5) is 9.04. The lowest BCUT2D eigenvalue weighted by atomic mass is 10.3. The Morgan fingerprint density at radius 3 is 2.87 bits per heavy atom. The summed E-state index contributed by atoms with van der Waals surface area (Å²) in [7, 11) is 3.62. The molecule has 0 aliphatic heterocycles. The highest BCUT2D eigenvalue weighted by molar-refractivity contribution is 6.31. The zero-order valence-electron chi connectivity index (χ0n) is 8.50. The van der Waals surface area contributed by atoms with E-state index < -0.39 is 0 Å². The second-order valence-electron chi connectivity index (χ2n) is 3.49. The van der Waals surface area contributed by atoms with E-state index in [4.69, 9.17) is 17.0 Å². The number of halogens is 1. The van der Waals surface area contributed by atoms with Gasteiger partial charge >= 0.3 is 0 Å². The van der Waals surface area contributed by atoms with Gasteiger partial charge in [0.15, 0.2) is 11.7 Å². The lowest BCUT2D eigenvalue weighted by molar-refractivity contribution is 0.615. The van der Waals surface area contributed by atoms with Crippen LogP contribution in [-0.2, 0) is 0 Å². The first kappa shape index (κ1) is 9.98. The number of nitrogens with one attached hydrogen (secondary N) is 2. The third-order valence-electron chi connectivity index (χ3n) is 2.12. The van der Waals surface area contributed by atoms with Crippen molar-refractivity contribution in [2.24, 2.45) is 0 Å². The van der Waals surface area contributed by atoms with Crippen LogP contribution >= 0.6 is 11.6 Å². The number of rotatable bonds is 1. The third-order valence-corrected chi connectivity index (χ3v) is 2.35. The second-order valence-corrected chi connectivity index (χ2v) is 3.93. The lowest BCUT2D eigenvalue weighted by Gasteiger charge is -2.09. The Hall–Kier alpha value is -1.55. The number of amidine groups is 1. The third kappa shape index (κ3) is 1.80. The number of H-pyrrole nitrogens is 1. The lowest BCUT2D eigenvalue weighted by Crippen LogP contribution is -2.22. The van der Waals surface area contributed by atoms with Gasteiger partial charge in [-0.1, -0.05) is 11.6 Å². The van der Waals surface area contributed by atoms with E-state index in [-0.39, 0.29) is 0 Å². The van der Waals surface area contributed by atoms with Crippen molar-refractivity contribution in [2.45, 2.75) is 0 Å². The maximum Gasteiger partial charge on any atom is 0.173 e. The molecule has 0 saturated carbocycles. The predicted octanol–water partition coefficient (Wildman–Crippen LogP) is 2.10. The molecule has 0 atom stereocenters. The molecule has 0 saturated heterocycles. The van der Waals surface area contributed by atoms with Crippen LogP contribution in [0.5, 0.6) is 0 Å². The van der Waals surface area contributed by atoms with E-state index in [1.165, 1.54) is 0 Å². The number of hydrogen-bond acceptors (Lipinski definition) is 2. The number of benzene rings is 1. The van der Waals surface area contributed by atoms with Crippen molar-refractivity contribution in [1.82, 2.24) is 14.9 Å². The van der Waals surface area contributed by atoms with Crippen molar-refractivity contribution in [3.05, 3.63) is 29.0 Å². The van der Waals surface area contributed by atoms with Crippen molar-refractivity contribution in [3.63, 3.8) is 0 Å². The SMILES string of the molecule is CN(C)C(=N)c1nc2ccc(Cl)cc2[nH]1. The first-order valence-electron chi connectivity index (χ1n) is 4.49. The van der Waals surface area contributed by atoms with Gasteiger partial charge in [0.25, 0.3) is 0 Å². The minimum Gasteiger partial charge on any atom is -0.360 e. The molecule has 1 aromatic carbocycles. The Morgan fingerprint density at radius 1 is 1.47 bits per heavy atom. The highest BCUT2D eigenvalue weighted by Gasteiger charge is 2.09. The van der Waals surface area contributed by atoms with E-state index in [1.54, 1.807) is 17.0 Å². The molecule has 0 unspecified atom stereocenters. The molecule has 4 nitrogen and oxygen atoms in total. The first-order valence-corrected chi connectivity index (χ1v) is 4.87. The average Bonchev–Trinajstić information content (AvgIpc) is 2.58. The highest BCUT2D eigenvalue weighted by atomic mass is 35.5. The normalized spacial score (nSPS) is 10.6. The van der Waals surface area contributed by atoms with Gasteiger partial charge in [-0.3, -0.25) is 5.41 Å². The topological polar surface area (TPSA) is 55.8 Å². The van der Waals surface area contributed by atoms with E-state index in [2.05, 4.69) is 9.97 Å². The Bertz CT molecular complexity index is 515. The summed E-state index contributed by atoms with van der Waals surface area (Å²) in [5, 5.41) is 8.43. The van der Waals surface area contributed by atoms with Crippen LogP contribution in [0.4, 0.5) is 0 Å². The number of aromatic nitrogens is 2. The summed E-state index contributed by atoms with van der Waals surface area (Å²) in [6.45, 7) is 0. The van der Waals surface area contributed by atoms with E-state index in [1.807, 2.05) is 20.2 Å². The van der Waals surface area contributed by atoms with Gasteiger partial charge in [-0.15, -0.1) is 0 Å². The van der Waals surface area contributed by atoms with Crippen molar-refractivity contribution in [2.75, 3.05) is 14.1 Å². The molecule has 1 aromatic heterocycles. The van der Waals surface area contributed by atoms with Crippen LogP contribution in [0.15, 0.2) is 18.2 Å². The first-order chi connectivity index (χ1) is 7.08. The van der Waals surface area contributed by atoms with Crippen molar-refractivity contribution in [3.8, 4) is 0 Å². The minimum absolute atomic E-state index is 0.349. The van der Waals surface area contributed by atoms with E-state index >= 15 is 0 Å². The molecule has 0 aliphatic rings. The smallest absolute Gasteiger partial charge is 0.173 e. The molecular formula is C10H11ClN4. The van der Waals surface area contributed by atoms with Gasteiger partial charge in [-0.25, -0.2) is 4.98 Å². The summed E-state index contributed by atoms with van der Waals surface area (Å²) >= 11 is 5.86. The maximum absolute atomic E-state index is 7.77. The van der Waals surface area contributed by atoms with E-state index in [9.17, 15) is 0 Å². The molecule has 0 aliphatic carbocycles. The Balaban J connectivity index is 2.52. The summed E-state index contributed by atoms with van der Waals surface area (Å²) in [6, 6.07) is 5.42. The fraction of sp³-hybridized carbons (Fsp3) is 0.200. The van der Waals surface area contributed by atoms with Gasteiger partial charge in [0.2, 0.25) is 0 Å². The van der Waals surface area contributed by atoms with Crippen LogP contribution in [-0.4, -0.2) is 34.8 Å². The molecule has 0 fully saturated rings. The van der Waals surface area contributed by atoms with Crippen LogP contribution in [0, 0.1) is 5.41 Å². The van der Waals surface area contributed by atoms with E-state index in [0.717, 1.165) is 11.0 Å². The summed E-state index contributed by atoms with van der Waals surface area (Å²) < 4.78 is 0. The molecule has 2 rings (SSSR count). The Labute approximate surface area is 92.4 Å². The van der Waals surface area contributed by atoms with Crippen LogP contribution in [0.1, 0.15) is 5.82 Å². The van der Waals surface area contributed by atoms with Crippen molar-refractivity contribution < 1.29 is 0 Å². The van der Waals surface area contributed by atoms with Gasteiger partial charge in [-0.2, -0.15) is 0 Å². The fourth-order valence-electron chi connectivity index (χ4n) is 1.31. The van der Waals surface area contributed by atoms with Gasteiger partial charge in [0.05, 0.1) is 11.0 Å². The summed E-state index contributed by atoms with van der Waals surface area (Å²) in [6.07, 6.45) is 0. The number of fused-ring (bicyclic) bond motifs is 1. The zero-order valence-corrected chi connectivity index (χ0v) is 9.26. The second kappa shape index (κ2) is 3.55. The molecule has 5 heteroatoms. The highest BCUT2D eigenvalue weighted by Crippen LogP contribution is 2.17. The molecular weight excluding hydrogens is 212 g/mol. The van der Waals surface area contributed by atoms with Gasteiger partial charge in [0, 0.05) is 19.1 Å². The van der Waals surface area contributed by atoms with Crippen LogP contribution in [0.25, 0.3) is 11.0 Å². The number of nitrogens with zero attached hydrogens (tertiary/aromatic N) is 2. The molecule has 0 spiro atoms. The minimum atomic E-state index is 0.349. The average molecular weight is 223 g/mol. The summed E-state index contributed by atoms with van der Waals surface area (Å²) in [5.41, 5.74) is 1.67. The molecule has 1 heterocycles. The fourth-order valence-corrected chi connectivity index (χ4v) is 1.48. The van der Waals surface area contributed by atoms with Crippen LogP contribution in [0.2, 0.25) is 5.02 Å². The van der Waals surface area contributed by atoms with Crippen molar-refractivity contribution >= 4 is 28.5 Å². The van der Waals surface area contributed by atoms with Crippen molar-refractivity contribution in [1.29, 1.82) is 5.41 Å². The molecule has 0 bridgehead atoms. The van der Waals surface area contributed by atoms with Crippen LogP contribution < -0.4 is 0 Å². The summed E-state index contributed by atoms with van der Waals surface area (Å²) in [5.74, 6) is 0.902. The number of hydrogen-bond donors (Lipinski definition) is 2. The number of aromatic amines is 1. The standard InChI is InChI=1S/C10H11ClN4/c1-15(2)9(12)10-13-7-4-3-6(11)5-8(7)14-10/h3-5,12H,1-2H3,(H,13,14). The maximum atomic E-state index is 7.77. The molecule has 0 radical (unpaired) electrons. The Kier molecular flexibility index (Phi) is 2.36. The van der Waals surface area contributed by atoms with Gasteiger partial charge < -0.3 is 9.88 Å². The number of imidazole rings is 1. The molecule has 2 N–H and O–H groups in total. The van der Waals surface area contributed by atoms with Gasteiger partial charge in [0.1, 0.15) is 0 Å². The zero-order chi connectivity index (χ0) is 11.0. The molecule has 15 heavy (non-hydrogen) atoms. The predicted molar refractivity (Wildman–Crippen MR) is 61.6 cm³/mol. The largest absolute Gasteiger partial charge is 0.360 e. The molecule has 0 amide bonds. The van der Waals surface area contributed by atoms with Gasteiger partial charge in [-0.05, 0) is 18.2 Å². The van der Waals surface area contributed by atoms with E-state index in [0.29, 0.717) is 16.7 Å². The quantitative estimate of drug-likeness (QED) is 0.574. The van der Waals surface area contributed by atoms with Crippen LogP contribution in [0.3, 0.4) is 0 Å². The molecule has 2 aromatic rings. The monoisotopic (exact) mass is 222 g/mol. The Morgan fingerprint density at radius 2 is 2.20 bits per heavy atom. The molecule has 78 valence electrons.